The molecule has 1 aromatic heterocycles. The highest BCUT2D eigenvalue weighted by molar-refractivity contribution is 7.12. The Kier molecular flexibility index (Phi) is 12.9. The van der Waals surface area contributed by atoms with Crippen molar-refractivity contribution in [3.05, 3.63) is 104 Å². The second-order valence-electron chi connectivity index (χ2n) is 13.7. The van der Waals surface area contributed by atoms with Crippen molar-refractivity contribution in [1.82, 2.24) is 15.5 Å². The smallest absolute Gasteiger partial charge is 0.264 e. The first-order chi connectivity index (χ1) is 25.9. The van der Waals surface area contributed by atoms with Gasteiger partial charge in [-0.25, -0.2) is 0 Å². The van der Waals surface area contributed by atoms with Crippen LogP contribution in [0.25, 0.3) is 0 Å². The molecule has 2 atom stereocenters. The molecule has 0 radical (unpaired) electrons. The van der Waals surface area contributed by atoms with Crippen LogP contribution in [0.15, 0.2) is 65.5 Å². The van der Waals surface area contributed by atoms with E-state index >= 15 is 0 Å². The second kappa shape index (κ2) is 17.6. The first-order valence-electron chi connectivity index (χ1n) is 18.5. The zero-order valence-electron chi connectivity index (χ0n) is 31.7. The topological polar surface area (TPSA) is 168 Å². The largest absolute Gasteiger partial charge is 0.384 e. The molecule has 0 fully saturated rings. The molecule has 5 N–H and O–H groups in total. The van der Waals surface area contributed by atoms with E-state index in [1.165, 1.54) is 10.4 Å². The lowest BCUT2D eigenvalue weighted by atomic mass is 9.85. The number of aliphatic imine (C=N–C) groups is 1. The Balaban J connectivity index is 1.27. The summed E-state index contributed by atoms with van der Waals surface area (Å²) < 4.78 is 0. The minimum atomic E-state index is -0.706. The van der Waals surface area contributed by atoms with Gasteiger partial charge in [0.25, 0.3) is 11.8 Å². The molecule has 0 saturated heterocycles. The summed E-state index contributed by atoms with van der Waals surface area (Å²) in [5.74, 6) is -2.53. The first kappa shape index (κ1) is 39.8. The Labute approximate surface area is 321 Å². The Hall–Kier alpha value is -5.45. The molecule has 282 valence electrons. The maximum Gasteiger partial charge on any atom is 0.264 e. The molecule has 0 spiro atoms. The lowest BCUT2D eigenvalue weighted by Crippen LogP contribution is -2.42. The standard InChI is InChI=1S/C42H49N7O4S/c1-7-12-35(50)48-36(51)23-49-41(52)30-13-10-14-33(38(30)42(49)53)46-20-11-19-45-29(9-3)21-34-32(44)22-31(25(5)43)40-37(24(4)26(6)54-40)39(47-34)28-17-15-27(8-2)16-18-28/h10,13-18,31,34,43-46H,3,7-8,11-12,19-23H2,1-2,4-6H3,(H,48,50,51)/t31?,34-/m0/s1. The van der Waals surface area contributed by atoms with Crippen molar-refractivity contribution in [2.45, 2.75) is 85.1 Å². The predicted octanol–water partition coefficient (Wildman–Crippen LogP) is 6.87. The highest BCUT2D eigenvalue weighted by Gasteiger charge is 2.39. The van der Waals surface area contributed by atoms with E-state index in [4.69, 9.17) is 10.4 Å². The SMILES string of the molecule is C=C=C(C[C@@H]1N=C(c2ccc(CC)cc2)c2c(sc(C)c2C)C(C(C)=N)CC1=N)NCCCNc1cccc2c1C(=O)N(CC(=O)NC(=O)CCC)C2=O. The normalized spacial score (nSPS) is 16.4. The second-order valence-corrected chi connectivity index (χ2v) is 15.0. The van der Waals surface area contributed by atoms with E-state index in [2.05, 4.69) is 73.3 Å². The van der Waals surface area contributed by atoms with Crippen molar-refractivity contribution in [3.63, 3.8) is 0 Å². The van der Waals surface area contributed by atoms with E-state index < -0.39 is 36.2 Å². The molecule has 54 heavy (non-hydrogen) atoms. The van der Waals surface area contributed by atoms with Crippen molar-refractivity contribution in [2.75, 3.05) is 25.0 Å². The molecule has 3 heterocycles. The minimum absolute atomic E-state index is 0.176. The van der Waals surface area contributed by atoms with E-state index in [0.717, 1.165) is 44.3 Å². The van der Waals surface area contributed by atoms with Crippen LogP contribution in [0, 0.1) is 24.7 Å². The van der Waals surface area contributed by atoms with Crippen LogP contribution in [0.5, 0.6) is 0 Å². The highest BCUT2D eigenvalue weighted by atomic mass is 32.1. The number of carbonyl (C=O) groups is 4. The van der Waals surface area contributed by atoms with Crippen molar-refractivity contribution < 1.29 is 19.2 Å². The number of aryl methyl sites for hydroxylation is 2. The number of carbonyl (C=O) groups excluding carboxylic acids is 4. The molecule has 0 saturated carbocycles. The van der Waals surface area contributed by atoms with Crippen LogP contribution < -0.4 is 16.0 Å². The first-order valence-corrected chi connectivity index (χ1v) is 19.3. The molecule has 2 aromatic carbocycles. The average molecular weight is 748 g/mol. The van der Waals surface area contributed by atoms with Crippen molar-refractivity contribution in [3.8, 4) is 0 Å². The number of benzene rings is 2. The number of imide groups is 2. The molecule has 11 nitrogen and oxygen atoms in total. The summed E-state index contributed by atoms with van der Waals surface area (Å²) in [5.41, 5.74) is 10.9. The lowest BCUT2D eigenvalue weighted by Gasteiger charge is -2.26. The van der Waals surface area contributed by atoms with Gasteiger partial charge in [0.2, 0.25) is 11.8 Å². The van der Waals surface area contributed by atoms with Crippen LogP contribution in [-0.2, 0) is 16.0 Å². The Bertz CT molecular complexity index is 2070. The third kappa shape index (κ3) is 8.67. The van der Waals surface area contributed by atoms with Crippen molar-refractivity contribution in [2.24, 2.45) is 4.99 Å². The Morgan fingerprint density at radius 3 is 2.44 bits per heavy atom. The third-order valence-electron chi connectivity index (χ3n) is 9.91. The number of nitrogens with one attached hydrogen (secondary N) is 5. The summed E-state index contributed by atoms with van der Waals surface area (Å²) in [5, 5.41) is 26.8. The maximum absolute atomic E-state index is 13.3. The van der Waals surface area contributed by atoms with E-state index in [-0.39, 0.29) is 23.5 Å². The lowest BCUT2D eigenvalue weighted by molar-refractivity contribution is -0.130. The molecular weight excluding hydrogens is 699 g/mol. The van der Waals surface area contributed by atoms with Crippen LogP contribution >= 0.6 is 11.3 Å². The molecule has 2 aliphatic heterocycles. The Morgan fingerprint density at radius 1 is 1.04 bits per heavy atom. The molecule has 4 amide bonds. The minimum Gasteiger partial charge on any atom is -0.384 e. The summed E-state index contributed by atoms with van der Waals surface area (Å²) in [7, 11) is 0. The number of fused-ring (bicyclic) bond motifs is 2. The number of hydrogen-bond donors (Lipinski definition) is 5. The number of hydrogen-bond acceptors (Lipinski definition) is 10. The summed E-state index contributed by atoms with van der Waals surface area (Å²) in [6.45, 7) is 14.4. The fourth-order valence-electron chi connectivity index (χ4n) is 6.78. The molecule has 12 heteroatoms. The summed E-state index contributed by atoms with van der Waals surface area (Å²) in [4.78, 5) is 59.0. The fraction of sp³-hybridized carbons (Fsp3) is 0.381. The van der Waals surface area contributed by atoms with Crippen molar-refractivity contribution >= 4 is 57.8 Å². The van der Waals surface area contributed by atoms with Crippen LogP contribution in [0.3, 0.4) is 0 Å². The number of amides is 4. The van der Waals surface area contributed by atoms with Gasteiger partial charge in [-0.05, 0) is 63.3 Å². The number of thiophene rings is 1. The van der Waals surface area contributed by atoms with Gasteiger partial charge in [-0.1, -0.05) is 50.8 Å². The van der Waals surface area contributed by atoms with Gasteiger partial charge in [-0.15, -0.1) is 17.1 Å². The van der Waals surface area contributed by atoms with Gasteiger partial charge in [0.05, 0.1) is 28.6 Å². The van der Waals surface area contributed by atoms with Gasteiger partial charge in [-0.3, -0.25) is 34.4 Å². The highest BCUT2D eigenvalue weighted by Crippen LogP contribution is 2.40. The number of nitrogens with zero attached hydrogens (tertiary/aromatic N) is 2. The molecule has 0 bridgehead atoms. The van der Waals surface area contributed by atoms with Crippen LogP contribution in [0.2, 0.25) is 0 Å². The zero-order chi connectivity index (χ0) is 39.1. The van der Waals surface area contributed by atoms with Gasteiger partial charge in [-0.2, -0.15) is 0 Å². The van der Waals surface area contributed by atoms with Gasteiger partial charge < -0.3 is 21.5 Å². The van der Waals surface area contributed by atoms with Gasteiger partial charge >= 0.3 is 0 Å². The van der Waals surface area contributed by atoms with Crippen LogP contribution in [0.4, 0.5) is 5.69 Å². The predicted molar refractivity (Wildman–Crippen MR) is 216 cm³/mol. The van der Waals surface area contributed by atoms with Gasteiger partial charge in [0, 0.05) is 76.3 Å². The van der Waals surface area contributed by atoms with Crippen LogP contribution in [0.1, 0.15) is 112 Å². The maximum atomic E-state index is 13.3. The molecule has 5 rings (SSSR count). The van der Waals surface area contributed by atoms with E-state index in [0.29, 0.717) is 55.9 Å². The monoisotopic (exact) mass is 747 g/mol. The third-order valence-corrected chi connectivity index (χ3v) is 11.2. The van der Waals surface area contributed by atoms with E-state index in [1.807, 2.05) is 13.8 Å². The molecular formula is C42H49N7O4S. The molecule has 1 unspecified atom stereocenters. The summed E-state index contributed by atoms with van der Waals surface area (Å²) in [6, 6.07) is 12.9. The number of anilines is 1. The molecule has 3 aromatic rings. The average Bonchev–Trinajstić information content (AvgIpc) is 3.56. The quantitative estimate of drug-likeness (QED) is 0.0492. The molecule has 2 aliphatic rings. The zero-order valence-corrected chi connectivity index (χ0v) is 32.5. The fourth-order valence-corrected chi connectivity index (χ4v) is 8.12. The summed E-state index contributed by atoms with van der Waals surface area (Å²) in [6.07, 6.45) is 3.11. The molecule has 0 aliphatic carbocycles. The van der Waals surface area contributed by atoms with Crippen LogP contribution in [-0.4, -0.2) is 71.3 Å². The summed E-state index contributed by atoms with van der Waals surface area (Å²) >= 11 is 1.70. The van der Waals surface area contributed by atoms with Gasteiger partial charge in [0.1, 0.15) is 6.54 Å². The Morgan fingerprint density at radius 2 is 1.78 bits per heavy atom. The van der Waals surface area contributed by atoms with E-state index in [1.54, 1.807) is 29.5 Å². The van der Waals surface area contributed by atoms with E-state index in [9.17, 15) is 24.6 Å². The number of rotatable bonds is 15. The van der Waals surface area contributed by atoms with Gasteiger partial charge in [0.15, 0.2) is 0 Å². The van der Waals surface area contributed by atoms with Crippen molar-refractivity contribution in [1.29, 1.82) is 10.8 Å².